The Morgan fingerprint density at radius 1 is 1.57 bits per heavy atom. The minimum Gasteiger partial charge on any atom is -0.346 e. The van der Waals surface area contributed by atoms with Crippen LogP contribution in [-0.4, -0.2) is 5.91 Å². The second kappa shape index (κ2) is 2.95. The topological polar surface area (TPSA) is 29.1 Å². The van der Waals surface area contributed by atoms with Gasteiger partial charge in [-0.3, -0.25) is 4.79 Å². The van der Waals surface area contributed by atoms with Crippen LogP contribution in [-0.2, 0) is 10.3 Å². The van der Waals surface area contributed by atoms with Crippen LogP contribution in [0.15, 0.2) is 18.2 Å². The van der Waals surface area contributed by atoms with Crippen molar-refractivity contribution in [3.8, 4) is 0 Å². The summed E-state index contributed by atoms with van der Waals surface area (Å²) in [5.41, 5.74) is 0.456. The van der Waals surface area contributed by atoms with Gasteiger partial charge in [0.2, 0.25) is 5.91 Å². The van der Waals surface area contributed by atoms with Gasteiger partial charge in [-0.05, 0) is 24.6 Å². The molecule has 1 aromatic rings. The molecule has 1 aromatic carbocycles. The first-order valence-electron chi connectivity index (χ1n) is 4.28. The van der Waals surface area contributed by atoms with Gasteiger partial charge in [0.1, 0.15) is 5.82 Å². The average molecular weight is 214 g/mol. The molecule has 0 bridgehead atoms. The number of β-lactam (4-membered cyclic amide) rings is 1. The summed E-state index contributed by atoms with van der Waals surface area (Å²) in [4.78, 5) is 10.8. The standard InChI is InChI=1S/C10H9ClFNO/c1-10(5-9(14)13-10)6-2-3-8(12)7(11)4-6/h2-4H,5H2,1H3,(H,13,14). The molecule has 0 spiro atoms. The molecule has 0 aliphatic carbocycles. The second-order valence-electron chi connectivity index (χ2n) is 3.69. The van der Waals surface area contributed by atoms with E-state index in [1.54, 1.807) is 12.1 Å². The summed E-state index contributed by atoms with van der Waals surface area (Å²) in [5.74, 6) is -0.433. The van der Waals surface area contributed by atoms with E-state index in [4.69, 9.17) is 11.6 Å². The lowest BCUT2D eigenvalue weighted by Gasteiger charge is -2.39. The Kier molecular flexibility index (Phi) is 2.00. The molecular weight excluding hydrogens is 205 g/mol. The molecule has 1 unspecified atom stereocenters. The summed E-state index contributed by atoms with van der Waals surface area (Å²) >= 11 is 5.65. The van der Waals surface area contributed by atoms with E-state index in [0.717, 1.165) is 5.56 Å². The third-order valence-corrected chi connectivity index (χ3v) is 2.78. The summed E-state index contributed by atoms with van der Waals surface area (Å²) in [5, 5.41) is 2.85. The van der Waals surface area contributed by atoms with Crippen molar-refractivity contribution >= 4 is 17.5 Å². The van der Waals surface area contributed by atoms with Crippen LogP contribution in [0.5, 0.6) is 0 Å². The third kappa shape index (κ3) is 1.38. The van der Waals surface area contributed by atoms with Crippen LogP contribution in [0, 0.1) is 5.82 Å². The first-order chi connectivity index (χ1) is 6.51. The molecule has 1 saturated heterocycles. The van der Waals surface area contributed by atoms with Gasteiger partial charge < -0.3 is 5.32 Å². The lowest BCUT2D eigenvalue weighted by atomic mass is 9.82. The molecule has 1 heterocycles. The van der Waals surface area contributed by atoms with Crippen molar-refractivity contribution in [1.29, 1.82) is 0 Å². The average Bonchev–Trinajstić information content (AvgIpc) is 2.07. The smallest absolute Gasteiger partial charge is 0.223 e. The van der Waals surface area contributed by atoms with Crippen molar-refractivity contribution in [2.24, 2.45) is 0 Å². The maximum absolute atomic E-state index is 12.9. The number of benzene rings is 1. The minimum atomic E-state index is -0.440. The van der Waals surface area contributed by atoms with Crippen molar-refractivity contribution < 1.29 is 9.18 Å². The van der Waals surface area contributed by atoms with Gasteiger partial charge in [-0.1, -0.05) is 17.7 Å². The number of rotatable bonds is 1. The number of hydrogen-bond donors (Lipinski definition) is 1. The third-order valence-electron chi connectivity index (χ3n) is 2.49. The van der Waals surface area contributed by atoms with Crippen LogP contribution < -0.4 is 5.32 Å². The molecule has 1 amide bonds. The molecule has 74 valence electrons. The van der Waals surface area contributed by atoms with E-state index < -0.39 is 5.82 Å². The van der Waals surface area contributed by atoms with Gasteiger partial charge in [-0.2, -0.15) is 0 Å². The Morgan fingerprint density at radius 3 is 2.71 bits per heavy atom. The van der Waals surface area contributed by atoms with Gasteiger partial charge in [0.15, 0.2) is 0 Å². The molecule has 1 fully saturated rings. The molecular formula is C10H9ClFNO. The molecule has 14 heavy (non-hydrogen) atoms. The molecule has 4 heteroatoms. The summed E-state index contributed by atoms with van der Waals surface area (Å²) in [6.45, 7) is 1.89. The maximum atomic E-state index is 12.9. The zero-order chi connectivity index (χ0) is 10.3. The molecule has 0 radical (unpaired) electrons. The quantitative estimate of drug-likeness (QED) is 0.712. The van der Waals surface area contributed by atoms with Gasteiger partial charge in [-0.25, -0.2) is 4.39 Å². The van der Waals surface area contributed by atoms with Crippen LogP contribution in [0.4, 0.5) is 4.39 Å². The Morgan fingerprint density at radius 2 is 2.21 bits per heavy atom. The van der Waals surface area contributed by atoms with Crippen molar-refractivity contribution in [1.82, 2.24) is 5.32 Å². The predicted octanol–water partition coefficient (Wildman–Crippen LogP) is 2.21. The lowest BCUT2D eigenvalue weighted by Crippen LogP contribution is -2.56. The summed E-state index contributed by atoms with van der Waals surface area (Å²) in [6, 6.07) is 4.50. The fraction of sp³-hybridized carbons (Fsp3) is 0.300. The molecule has 1 atom stereocenters. The van der Waals surface area contributed by atoms with Crippen molar-refractivity contribution in [3.05, 3.63) is 34.6 Å². The van der Waals surface area contributed by atoms with Gasteiger partial charge >= 0.3 is 0 Å². The summed E-state index contributed by atoms with van der Waals surface area (Å²) < 4.78 is 12.9. The summed E-state index contributed by atoms with van der Waals surface area (Å²) in [7, 11) is 0. The van der Waals surface area contributed by atoms with E-state index in [9.17, 15) is 9.18 Å². The second-order valence-corrected chi connectivity index (χ2v) is 4.09. The number of hydrogen-bond acceptors (Lipinski definition) is 1. The van der Waals surface area contributed by atoms with E-state index in [1.807, 2.05) is 6.92 Å². The number of halogens is 2. The van der Waals surface area contributed by atoms with Crippen molar-refractivity contribution in [2.75, 3.05) is 0 Å². The molecule has 1 aliphatic heterocycles. The Labute approximate surface area is 86.1 Å². The van der Waals surface area contributed by atoms with Crippen LogP contribution in [0.3, 0.4) is 0 Å². The van der Waals surface area contributed by atoms with E-state index in [1.165, 1.54) is 6.07 Å². The van der Waals surface area contributed by atoms with E-state index in [2.05, 4.69) is 5.32 Å². The van der Waals surface area contributed by atoms with Gasteiger partial charge in [0.05, 0.1) is 17.0 Å². The normalized spacial score (nSPS) is 25.5. The molecule has 2 nitrogen and oxygen atoms in total. The molecule has 1 N–H and O–H groups in total. The van der Waals surface area contributed by atoms with Crippen LogP contribution in [0.2, 0.25) is 5.02 Å². The highest BCUT2D eigenvalue weighted by atomic mass is 35.5. The SMILES string of the molecule is CC1(c2ccc(F)c(Cl)c2)CC(=O)N1. The maximum Gasteiger partial charge on any atom is 0.223 e. The number of nitrogens with one attached hydrogen (secondary N) is 1. The van der Waals surface area contributed by atoms with E-state index in [-0.39, 0.29) is 16.5 Å². The number of carbonyl (C=O) groups excluding carboxylic acids is 1. The van der Waals surface area contributed by atoms with Crippen molar-refractivity contribution in [3.63, 3.8) is 0 Å². The fourth-order valence-corrected chi connectivity index (χ4v) is 1.80. The number of carbonyl (C=O) groups is 1. The highest BCUT2D eigenvalue weighted by molar-refractivity contribution is 6.30. The summed E-state index contributed by atoms with van der Waals surface area (Å²) in [6.07, 6.45) is 0.426. The first kappa shape index (κ1) is 9.46. The minimum absolute atomic E-state index is 0.00736. The fourth-order valence-electron chi connectivity index (χ4n) is 1.62. The Bertz CT molecular complexity index is 397. The monoisotopic (exact) mass is 213 g/mol. The zero-order valence-electron chi connectivity index (χ0n) is 7.60. The molecule has 1 aliphatic rings. The number of amides is 1. The van der Waals surface area contributed by atoms with Gasteiger partial charge in [-0.15, -0.1) is 0 Å². The van der Waals surface area contributed by atoms with Crippen LogP contribution in [0.1, 0.15) is 18.9 Å². The zero-order valence-corrected chi connectivity index (χ0v) is 8.36. The van der Waals surface area contributed by atoms with Crippen molar-refractivity contribution in [2.45, 2.75) is 18.9 Å². The van der Waals surface area contributed by atoms with Gasteiger partial charge in [0, 0.05) is 0 Å². The highest BCUT2D eigenvalue weighted by Gasteiger charge is 2.39. The van der Waals surface area contributed by atoms with Gasteiger partial charge in [0.25, 0.3) is 0 Å². The molecule has 0 aromatic heterocycles. The first-order valence-corrected chi connectivity index (χ1v) is 4.66. The Hall–Kier alpha value is -1.09. The van der Waals surface area contributed by atoms with Crippen LogP contribution in [0.25, 0.3) is 0 Å². The lowest BCUT2D eigenvalue weighted by molar-refractivity contribution is -0.132. The van der Waals surface area contributed by atoms with E-state index in [0.29, 0.717) is 6.42 Å². The molecule has 2 rings (SSSR count). The largest absolute Gasteiger partial charge is 0.346 e. The van der Waals surface area contributed by atoms with Crippen LogP contribution >= 0.6 is 11.6 Å². The highest BCUT2D eigenvalue weighted by Crippen LogP contribution is 2.33. The van der Waals surface area contributed by atoms with E-state index >= 15 is 0 Å². The predicted molar refractivity (Wildman–Crippen MR) is 51.5 cm³/mol. The molecule has 0 saturated carbocycles. The Balaban J connectivity index is 2.34.